The Morgan fingerprint density at radius 3 is 1.10 bits per heavy atom. The third-order valence-electron chi connectivity index (χ3n) is 7.71. The normalized spacial score (nSPS) is 13.1. The zero-order chi connectivity index (χ0) is 23.0. The van der Waals surface area contributed by atoms with Gasteiger partial charge in [0.25, 0.3) is 0 Å². The van der Waals surface area contributed by atoms with E-state index in [2.05, 4.69) is 27.7 Å². The summed E-state index contributed by atoms with van der Waals surface area (Å²) < 4.78 is 0. The Hall–Kier alpha value is -0.0400. The molecule has 0 bridgehead atoms. The van der Waals surface area contributed by atoms with E-state index in [1.54, 1.807) is 0 Å². The monoisotopic (exact) mass is 437 g/mol. The summed E-state index contributed by atoms with van der Waals surface area (Å²) in [7, 11) is 0. The van der Waals surface area contributed by atoms with Crippen LogP contribution in [0, 0.1) is 5.92 Å². The average molecular weight is 438 g/mol. The maximum absolute atomic E-state index is 7.15. The molecule has 0 spiro atoms. The largest absolute Gasteiger partial charge is 0.325 e. The smallest absolute Gasteiger partial charge is 0.0180 e. The van der Waals surface area contributed by atoms with Crippen LogP contribution in [-0.2, 0) is 0 Å². The molecule has 1 unspecified atom stereocenters. The van der Waals surface area contributed by atoms with Gasteiger partial charge in [-0.3, -0.25) is 0 Å². The van der Waals surface area contributed by atoms with Gasteiger partial charge in [0.1, 0.15) is 0 Å². The van der Waals surface area contributed by atoms with E-state index >= 15 is 0 Å². The zero-order valence-electron chi connectivity index (χ0n) is 22.6. The van der Waals surface area contributed by atoms with Crippen LogP contribution < -0.4 is 5.73 Å². The minimum Gasteiger partial charge on any atom is -0.325 e. The molecule has 0 aliphatic heterocycles. The Kier molecular flexibility index (Phi) is 23.1. The molecule has 0 amide bonds. The quantitative estimate of drug-likeness (QED) is 0.141. The molecule has 0 rings (SSSR count). The maximum atomic E-state index is 7.15. The first-order chi connectivity index (χ1) is 15.1. The molecule has 2 N–H and O–H groups in total. The molecular formula is C30H63N. The predicted molar refractivity (Wildman–Crippen MR) is 144 cm³/mol. The van der Waals surface area contributed by atoms with Crippen LogP contribution in [0.15, 0.2) is 0 Å². The second-order valence-electron chi connectivity index (χ2n) is 10.8. The first-order valence-electron chi connectivity index (χ1n) is 14.9. The first-order valence-corrected chi connectivity index (χ1v) is 14.9. The third-order valence-corrected chi connectivity index (χ3v) is 7.71. The first kappa shape index (κ1) is 31.0. The zero-order valence-corrected chi connectivity index (χ0v) is 22.6. The van der Waals surface area contributed by atoms with Gasteiger partial charge < -0.3 is 5.73 Å². The van der Waals surface area contributed by atoms with Gasteiger partial charge in [-0.2, -0.15) is 0 Å². The van der Waals surface area contributed by atoms with Gasteiger partial charge in [0.2, 0.25) is 0 Å². The van der Waals surface area contributed by atoms with Crippen molar-refractivity contribution in [3.63, 3.8) is 0 Å². The van der Waals surface area contributed by atoms with Crippen molar-refractivity contribution in [1.82, 2.24) is 0 Å². The van der Waals surface area contributed by atoms with Crippen LogP contribution >= 0.6 is 0 Å². The number of nitrogens with two attached hydrogens (primary N) is 1. The molecule has 0 aromatic rings. The second-order valence-corrected chi connectivity index (χ2v) is 10.8. The van der Waals surface area contributed by atoms with E-state index in [9.17, 15) is 0 Å². The number of hydrogen-bond acceptors (Lipinski definition) is 1. The molecule has 1 nitrogen and oxygen atoms in total. The van der Waals surface area contributed by atoms with Gasteiger partial charge in [-0.05, 0) is 25.2 Å². The minimum atomic E-state index is 0.0923. The van der Waals surface area contributed by atoms with Crippen LogP contribution in [0.4, 0.5) is 0 Å². The van der Waals surface area contributed by atoms with Crippen molar-refractivity contribution in [1.29, 1.82) is 0 Å². The summed E-state index contributed by atoms with van der Waals surface area (Å²) in [5.74, 6) is 0.684. The van der Waals surface area contributed by atoms with E-state index in [0.29, 0.717) is 5.92 Å². The van der Waals surface area contributed by atoms with Gasteiger partial charge in [0, 0.05) is 5.54 Å². The summed E-state index contributed by atoms with van der Waals surface area (Å²) in [5.41, 5.74) is 7.24. The molecule has 0 aliphatic carbocycles. The highest BCUT2D eigenvalue weighted by Gasteiger charge is 2.30. The summed E-state index contributed by atoms with van der Waals surface area (Å²) >= 11 is 0. The molecule has 0 saturated heterocycles. The van der Waals surface area contributed by atoms with Gasteiger partial charge >= 0.3 is 0 Å². The van der Waals surface area contributed by atoms with Crippen LogP contribution in [0.2, 0.25) is 0 Å². The topological polar surface area (TPSA) is 26.0 Å². The summed E-state index contributed by atoms with van der Waals surface area (Å²) in [5, 5.41) is 0. The summed E-state index contributed by atoms with van der Waals surface area (Å²) in [4.78, 5) is 0. The fourth-order valence-electron chi connectivity index (χ4n) is 5.14. The number of unbranched alkanes of at least 4 members (excludes halogenated alkanes) is 18. The lowest BCUT2D eigenvalue weighted by atomic mass is 9.75. The van der Waals surface area contributed by atoms with Crippen LogP contribution in [0.3, 0.4) is 0 Å². The summed E-state index contributed by atoms with van der Waals surface area (Å²) in [6.07, 6.45) is 33.3. The van der Waals surface area contributed by atoms with Crippen molar-refractivity contribution in [2.75, 3.05) is 0 Å². The van der Waals surface area contributed by atoms with Gasteiger partial charge in [-0.15, -0.1) is 0 Å². The average Bonchev–Trinajstić information content (AvgIpc) is 2.77. The molecule has 0 fully saturated rings. The van der Waals surface area contributed by atoms with Crippen LogP contribution in [0.5, 0.6) is 0 Å². The Bertz CT molecular complexity index is 319. The van der Waals surface area contributed by atoms with Crippen molar-refractivity contribution in [2.45, 2.75) is 187 Å². The standard InChI is InChI=1S/C30H63N/c1-5-8-11-14-17-20-23-26-29(4)30(31,27-24-21-18-15-12-9-6-2)28-25-22-19-16-13-10-7-3/h29H,5-28,31H2,1-4H3. The van der Waals surface area contributed by atoms with Crippen molar-refractivity contribution < 1.29 is 0 Å². The highest BCUT2D eigenvalue weighted by atomic mass is 14.8. The molecule has 0 aliphatic rings. The minimum absolute atomic E-state index is 0.0923. The number of hydrogen-bond donors (Lipinski definition) is 1. The van der Waals surface area contributed by atoms with Gasteiger partial charge in [0.15, 0.2) is 0 Å². The Morgan fingerprint density at radius 1 is 0.452 bits per heavy atom. The van der Waals surface area contributed by atoms with Crippen molar-refractivity contribution in [3.05, 3.63) is 0 Å². The highest BCUT2D eigenvalue weighted by molar-refractivity contribution is 4.89. The lowest BCUT2D eigenvalue weighted by Gasteiger charge is -2.36. The summed E-state index contributed by atoms with van der Waals surface area (Å²) in [6.45, 7) is 9.39. The van der Waals surface area contributed by atoms with E-state index in [4.69, 9.17) is 5.73 Å². The maximum Gasteiger partial charge on any atom is 0.0180 e. The third kappa shape index (κ3) is 19.2. The summed E-state index contributed by atoms with van der Waals surface area (Å²) in [6, 6.07) is 0. The fraction of sp³-hybridized carbons (Fsp3) is 1.00. The van der Waals surface area contributed by atoms with Crippen molar-refractivity contribution in [2.24, 2.45) is 11.7 Å². The molecule has 0 aromatic carbocycles. The Labute approximate surface area is 199 Å². The van der Waals surface area contributed by atoms with Crippen LogP contribution in [-0.4, -0.2) is 5.54 Å². The molecule has 0 heterocycles. The highest BCUT2D eigenvalue weighted by Crippen LogP contribution is 2.32. The van der Waals surface area contributed by atoms with Gasteiger partial charge in [-0.25, -0.2) is 0 Å². The van der Waals surface area contributed by atoms with E-state index in [0.717, 1.165) is 0 Å². The molecular weight excluding hydrogens is 374 g/mol. The molecule has 31 heavy (non-hydrogen) atoms. The molecule has 0 radical (unpaired) electrons. The fourth-order valence-corrected chi connectivity index (χ4v) is 5.14. The SMILES string of the molecule is CCCCCCCCCC(C)C(N)(CCCCCCCCC)CCCCCCCCC. The van der Waals surface area contributed by atoms with E-state index in [1.807, 2.05) is 0 Å². The predicted octanol–water partition coefficient (Wildman–Crippen LogP) is 10.7. The number of rotatable bonds is 25. The van der Waals surface area contributed by atoms with Gasteiger partial charge in [-0.1, -0.05) is 163 Å². The molecule has 0 saturated carbocycles. The van der Waals surface area contributed by atoms with Gasteiger partial charge in [0.05, 0.1) is 0 Å². The van der Waals surface area contributed by atoms with Crippen LogP contribution in [0.25, 0.3) is 0 Å². The molecule has 188 valence electrons. The lowest BCUT2D eigenvalue weighted by molar-refractivity contribution is 0.220. The van der Waals surface area contributed by atoms with Crippen molar-refractivity contribution >= 4 is 0 Å². The second kappa shape index (κ2) is 23.1. The van der Waals surface area contributed by atoms with E-state index in [-0.39, 0.29) is 5.54 Å². The Morgan fingerprint density at radius 2 is 0.742 bits per heavy atom. The van der Waals surface area contributed by atoms with Crippen molar-refractivity contribution in [3.8, 4) is 0 Å². The van der Waals surface area contributed by atoms with E-state index in [1.165, 1.54) is 154 Å². The molecule has 0 aromatic heterocycles. The molecule has 1 atom stereocenters. The van der Waals surface area contributed by atoms with E-state index < -0.39 is 0 Å². The Balaban J connectivity index is 4.25. The lowest BCUT2D eigenvalue weighted by Crippen LogP contribution is -2.46. The molecule has 1 heteroatoms. The van der Waals surface area contributed by atoms with Crippen LogP contribution in [0.1, 0.15) is 182 Å².